The molecule has 4 rings (SSSR count). The van der Waals surface area contributed by atoms with Gasteiger partial charge in [-0.05, 0) is 48.4 Å². The molecule has 3 aromatic rings. The fourth-order valence-corrected chi connectivity index (χ4v) is 4.23. The summed E-state index contributed by atoms with van der Waals surface area (Å²) in [5.74, 6) is 0.373. The summed E-state index contributed by atoms with van der Waals surface area (Å²) < 4.78 is 29.6. The van der Waals surface area contributed by atoms with Gasteiger partial charge in [0.2, 0.25) is 5.91 Å². The fourth-order valence-electron chi connectivity index (χ4n) is 4.11. The number of aromatic nitrogens is 2. The van der Waals surface area contributed by atoms with Crippen LogP contribution in [0.5, 0.6) is 0 Å². The van der Waals surface area contributed by atoms with Gasteiger partial charge in [0.05, 0.1) is 17.6 Å². The Bertz CT molecular complexity index is 1150. The van der Waals surface area contributed by atoms with E-state index < -0.39 is 5.82 Å². The molecule has 2 heterocycles. The predicted molar refractivity (Wildman–Crippen MR) is 121 cm³/mol. The molecule has 1 aliphatic rings. The molecule has 0 bridgehead atoms. The molecule has 0 aliphatic carbocycles. The van der Waals surface area contributed by atoms with Gasteiger partial charge in [-0.25, -0.2) is 13.8 Å². The van der Waals surface area contributed by atoms with Gasteiger partial charge >= 0.3 is 0 Å². The molecule has 1 aromatic heterocycles. The van der Waals surface area contributed by atoms with Crippen LogP contribution in [0.4, 0.5) is 20.3 Å². The van der Waals surface area contributed by atoms with Crippen LogP contribution in [0.15, 0.2) is 42.5 Å². The second-order valence-electron chi connectivity index (χ2n) is 8.06. The normalized spacial score (nSPS) is 15.7. The summed E-state index contributed by atoms with van der Waals surface area (Å²) in [6, 6.07) is 10.2. The summed E-state index contributed by atoms with van der Waals surface area (Å²) in [6.45, 7) is 4.91. The maximum absolute atomic E-state index is 14.1. The molecule has 3 N–H and O–H groups in total. The summed E-state index contributed by atoms with van der Waals surface area (Å²) >= 11 is 5.83. The minimum absolute atomic E-state index is 0.0282. The lowest BCUT2D eigenvalue weighted by atomic mass is 9.99. The Labute approximate surface area is 190 Å². The summed E-state index contributed by atoms with van der Waals surface area (Å²) in [6.07, 6.45) is 0. The van der Waals surface area contributed by atoms with E-state index >= 15 is 0 Å². The smallest absolute Gasteiger partial charge is 0.236 e. The highest BCUT2D eigenvalue weighted by molar-refractivity contribution is 6.30. The van der Waals surface area contributed by atoms with Crippen molar-refractivity contribution in [1.82, 2.24) is 14.5 Å². The van der Waals surface area contributed by atoms with Crippen LogP contribution in [0.3, 0.4) is 0 Å². The molecular weight excluding hydrogens is 436 g/mol. The van der Waals surface area contributed by atoms with E-state index in [0.29, 0.717) is 41.7 Å². The number of carbonyl (C=O) groups excluding carboxylic acids is 1. The second kappa shape index (κ2) is 8.88. The Balaban J connectivity index is 1.86. The number of hydrogen-bond donors (Lipinski definition) is 2. The van der Waals surface area contributed by atoms with Crippen molar-refractivity contribution in [3.63, 3.8) is 0 Å². The first-order valence-electron chi connectivity index (χ1n) is 10.4. The number of nitrogens with two attached hydrogens (primary N) is 1. The molecule has 1 atom stereocenters. The molecule has 9 heteroatoms. The third-order valence-corrected chi connectivity index (χ3v) is 5.89. The van der Waals surface area contributed by atoms with Crippen molar-refractivity contribution in [2.45, 2.75) is 26.4 Å². The second-order valence-corrected chi connectivity index (χ2v) is 8.47. The predicted octanol–water partition coefficient (Wildman–Crippen LogP) is 4.72. The van der Waals surface area contributed by atoms with Gasteiger partial charge in [-0.3, -0.25) is 4.79 Å². The number of fused-ring (bicyclic) bond motifs is 1. The van der Waals surface area contributed by atoms with Gasteiger partial charge in [0.15, 0.2) is 0 Å². The average molecular weight is 460 g/mol. The van der Waals surface area contributed by atoms with Gasteiger partial charge < -0.3 is 20.5 Å². The van der Waals surface area contributed by atoms with Crippen molar-refractivity contribution >= 4 is 29.0 Å². The molecule has 0 unspecified atom stereocenters. The summed E-state index contributed by atoms with van der Waals surface area (Å²) in [5, 5.41) is 3.29. The largest absolute Gasteiger partial charge is 0.340 e. The zero-order valence-electron chi connectivity index (χ0n) is 17.8. The van der Waals surface area contributed by atoms with Crippen molar-refractivity contribution in [1.29, 1.82) is 0 Å². The number of anilines is 2. The Kier molecular flexibility index (Phi) is 6.17. The van der Waals surface area contributed by atoms with Crippen molar-refractivity contribution in [2.24, 2.45) is 11.7 Å². The monoisotopic (exact) mass is 459 g/mol. The highest BCUT2D eigenvalue weighted by Gasteiger charge is 2.36. The molecule has 0 saturated heterocycles. The van der Waals surface area contributed by atoms with Gasteiger partial charge in [0.25, 0.3) is 0 Å². The van der Waals surface area contributed by atoms with Crippen LogP contribution in [0.1, 0.15) is 25.7 Å². The third kappa shape index (κ3) is 4.08. The molecule has 1 aliphatic heterocycles. The molecule has 2 aromatic carbocycles. The zero-order chi connectivity index (χ0) is 23.0. The number of hydrogen-bond acceptors (Lipinski definition) is 4. The van der Waals surface area contributed by atoms with Crippen LogP contribution in [-0.2, 0) is 11.3 Å². The van der Waals surface area contributed by atoms with Crippen LogP contribution < -0.4 is 11.1 Å². The van der Waals surface area contributed by atoms with Crippen LogP contribution in [0, 0.1) is 17.6 Å². The maximum Gasteiger partial charge on any atom is 0.236 e. The van der Waals surface area contributed by atoms with Crippen LogP contribution >= 0.6 is 11.6 Å². The van der Waals surface area contributed by atoms with Gasteiger partial charge in [0.1, 0.15) is 29.0 Å². The highest BCUT2D eigenvalue weighted by Crippen LogP contribution is 2.39. The summed E-state index contributed by atoms with van der Waals surface area (Å²) in [4.78, 5) is 19.1. The van der Waals surface area contributed by atoms with Crippen LogP contribution in [0.2, 0.25) is 5.02 Å². The van der Waals surface area contributed by atoms with Crippen molar-refractivity contribution in [3.05, 3.63) is 64.9 Å². The lowest BCUT2D eigenvalue weighted by molar-refractivity contribution is -0.134. The zero-order valence-corrected chi connectivity index (χ0v) is 18.5. The number of amides is 1. The molecule has 0 spiro atoms. The van der Waals surface area contributed by atoms with Crippen LogP contribution in [0.25, 0.3) is 11.3 Å². The van der Waals surface area contributed by atoms with E-state index in [1.54, 1.807) is 23.1 Å². The first-order chi connectivity index (χ1) is 15.3. The third-order valence-electron chi connectivity index (χ3n) is 5.59. The molecule has 1 amide bonds. The van der Waals surface area contributed by atoms with Gasteiger partial charge in [-0.2, -0.15) is 0 Å². The number of benzene rings is 2. The fraction of sp³-hybridized carbons (Fsp3) is 0.304. The SMILES string of the molecule is CC(C)[C@@H]1c2nc(-c3ccc(F)cc3)c(Nc3ccc(Cl)c(F)c3)n2CCN1C(=O)CN. The number of imidazole rings is 1. The molecule has 6 nitrogen and oxygen atoms in total. The first kappa shape index (κ1) is 22.2. The summed E-state index contributed by atoms with van der Waals surface area (Å²) in [7, 11) is 0. The van der Waals surface area contributed by atoms with Gasteiger partial charge in [0, 0.05) is 24.3 Å². The van der Waals surface area contributed by atoms with E-state index in [2.05, 4.69) is 5.32 Å². The molecule has 0 saturated carbocycles. The van der Waals surface area contributed by atoms with E-state index in [4.69, 9.17) is 22.3 Å². The van der Waals surface area contributed by atoms with Crippen molar-refractivity contribution < 1.29 is 13.6 Å². The average Bonchev–Trinajstić information content (AvgIpc) is 3.13. The standard InChI is InChI=1S/C23H24ClF2N5O/c1-13(2)21-23-29-20(14-3-5-15(25)6-4-14)22(28-16-7-8-17(24)18(26)11-16)31(23)10-9-30(21)19(32)12-27/h3-8,11,13,21,28H,9-10,12,27H2,1-2H3/t21-/m1/s1. The minimum Gasteiger partial charge on any atom is -0.340 e. The van der Waals surface area contributed by atoms with Crippen molar-refractivity contribution in [3.8, 4) is 11.3 Å². The lowest BCUT2D eigenvalue weighted by Crippen LogP contribution is -2.46. The summed E-state index contributed by atoms with van der Waals surface area (Å²) in [5.41, 5.74) is 7.43. The molecular formula is C23H24ClF2N5O. The minimum atomic E-state index is -0.543. The molecule has 0 fully saturated rings. The van der Waals surface area contributed by atoms with E-state index in [1.807, 2.05) is 18.4 Å². The van der Waals surface area contributed by atoms with Crippen LogP contribution in [-0.4, -0.2) is 33.4 Å². The number of nitrogens with one attached hydrogen (secondary N) is 1. The first-order valence-corrected chi connectivity index (χ1v) is 10.8. The number of rotatable bonds is 5. The Hall–Kier alpha value is -2.97. The lowest BCUT2D eigenvalue weighted by Gasteiger charge is -2.38. The van der Waals surface area contributed by atoms with Gasteiger partial charge in [-0.1, -0.05) is 25.4 Å². The molecule has 0 radical (unpaired) electrons. The van der Waals surface area contributed by atoms with E-state index in [1.165, 1.54) is 24.3 Å². The Morgan fingerprint density at radius 1 is 1.22 bits per heavy atom. The number of carbonyl (C=O) groups is 1. The van der Waals surface area contributed by atoms with E-state index in [0.717, 1.165) is 0 Å². The quantitative estimate of drug-likeness (QED) is 0.578. The van der Waals surface area contributed by atoms with E-state index in [9.17, 15) is 13.6 Å². The highest BCUT2D eigenvalue weighted by atomic mass is 35.5. The van der Waals surface area contributed by atoms with E-state index in [-0.39, 0.29) is 35.3 Å². The number of nitrogens with zero attached hydrogens (tertiary/aromatic N) is 3. The number of halogens is 3. The topological polar surface area (TPSA) is 76.2 Å². The molecule has 32 heavy (non-hydrogen) atoms. The van der Waals surface area contributed by atoms with Crippen molar-refractivity contribution in [2.75, 3.05) is 18.4 Å². The Morgan fingerprint density at radius 2 is 1.94 bits per heavy atom. The van der Waals surface area contributed by atoms with Gasteiger partial charge in [-0.15, -0.1) is 0 Å². The Morgan fingerprint density at radius 3 is 2.56 bits per heavy atom. The maximum atomic E-state index is 14.1. The molecule has 168 valence electrons.